The van der Waals surface area contributed by atoms with Crippen LogP contribution < -0.4 is 14.9 Å². The van der Waals surface area contributed by atoms with Gasteiger partial charge in [0.05, 0.1) is 11.9 Å². The summed E-state index contributed by atoms with van der Waals surface area (Å²) in [6, 6.07) is 21.4. The van der Waals surface area contributed by atoms with Crippen LogP contribution in [-0.4, -0.2) is 35.5 Å². The van der Waals surface area contributed by atoms with Crippen LogP contribution in [0.2, 0.25) is 0 Å². The summed E-state index contributed by atoms with van der Waals surface area (Å²) in [6.07, 6.45) is 1.55. The summed E-state index contributed by atoms with van der Waals surface area (Å²) in [7, 11) is 0. The summed E-state index contributed by atoms with van der Waals surface area (Å²) in [6.45, 7) is 1.06. The normalized spacial score (nSPS) is 12.9. The molecule has 1 aliphatic heterocycles. The zero-order valence-corrected chi connectivity index (χ0v) is 16.0. The van der Waals surface area contributed by atoms with Crippen molar-refractivity contribution < 1.29 is 14.3 Å². The van der Waals surface area contributed by atoms with Crippen LogP contribution in [0.1, 0.15) is 16.1 Å². The van der Waals surface area contributed by atoms with Gasteiger partial charge >= 0.3 is 0 Å². The molecule has 4 aromatic rings. The molecule has 0 unspecified atom stereocenters. The quantitative estimate of drug-likeness (QED) is 0.405. The highest BCUT2D eigenvalue weighted by Gasteiger charge is 2.12. The van der Waals surface area contributed by atoms with Crippen molar-refractivity contribution in [1.82, 2.24) is 15.6 Å². The first-order chi connectivity index (χ1) is 14.8. The molecule has 3 aromatic carbocycles. The van der Waals surface area contributed by atoms with Crippen LogP contribution in [0.4, 0.5) is 0 Å². The molecule has 1 aromatic heterocycles. The van der Waals surface area contributed by atoms with Crippen LogP contribution >= 0.6 is 0 Å². The van der Waals surface area contributed by atoms with Gasteiger partial charge in [-0.2, -0.15) is 10.2 Å². The van der Waals surface area contributed by atoms with Crippen molar-refractivity contribution in [3.05, 3.63) is 78.0 Å². The number of aromatic nitrogens is 2. The molecule has 1 aliphatic rings. The third kappa shape index (κ3) is 3.60. The van der Waals surface area contributed by atoms with Gasteiger partial charge in [0, 0.05) is 5.56 Å². The number of benzene rings is 3. The van der Waals surface area contributed by atoms with E-state index in [1.54, 1.807) is 12.3 Å². The van der Waals surface area contributed by atoms with Crippen molar-refractivity contribution in [3.63, 3.8) is 0 Å². The largest absolute Gasteiger partial charge is 0.486 e. The maximum absolute atomic E-state index is 12.4. The smallest absolute Gasteiger partial charge is 0.289 e. The Labute approximate surface area is 172 Å². The highest BCUT2D eigenvalue weighted by molar-refractivity contribution is 5.94. The van der Waals surface area contributed by atoms with E-state index in [0.717, 1.165) is 21.9 Å². The molecule has 2 N–H and O–H groups in total. The Hall–Kier alpha value is -4.13. The number of hydrazone groups is 1. The van der Waals surface area contributed by atoms with Crippen molar-refractivity contribution in [1.29, 1.82) is 0 Å². The highest BCUT2D eigenvalue weighted by Crippen LogP contribution is 2.30. The Bertz CT molecular complexity index is 1260. The lowest BCUT2D eigenvalue weighted by atomic mass is 10.1. The molecule has 0 saturated heterocycles. The molecule has 2 heterocycles. The molecule has 0 spiro atoms. The third-order valence-corrected chi connectivity index (χ3v) is 4.81. The fraction of sp³-hybridized carbons (Fsp3) is 0.0870. The average Bonchev–Trinajstić information content (AvgIpc) is 3.29. The topological polar surface area (TPSA) is 88.6 Å². The number of rotatable bonds is 4. The third-order valence-electron chi connectivity index (χ3n) is 4.81. The molecule has 0 atom stereocenters. The molecule has 30 heavy (non-hydrogen) atoms. The second kappa shape index (κ2) is 7.71. The van der Waals surface area contributed by atoms with Gasteiger partial charge in [-0.15, -0.1) is 0 Å². The number of fused-ring (bicyclic) bond motifs is 2. The van der Waals surface area contributed by atoms with E-state index >= 15 is 0 Å². The molecule has 5 rings (SSSR count). The van der Waals surface area contributed by atoms with E-state index in [4.69, 9.17) is 9.47 Å². The summed E-state index contributed by atoms with van der Waals surface area (Å²) in [4.78, 5) is 12.4. The number of carbonyl (C=O) groups is 1. The number of aromatic amines is 1. The van der Waals surface area contributed by atoms with Crippen molar-refractivity contribution >= 4 is 22.9 Å². The SMILES string of the molecule is O=C(N/N=C/c1ccc2c(c1)OCCO2)c1cc(-c2ccc3ccccc3c2)n[nH]1. The maximum Gasteiger partial charge on any atom is 0.289 e. The maximum atomic E-state index is 12.4. The average molecular weight is 398 g/mol. The van der Waals surface area contributed by atoms with E-state index in [0.29, 0.717) is 36.1 Å². The fourth-order valence-corrected chi connectivity index (χ4v) is 3.30. The standard InChI is InChI=1S/C23H18N4O3/c28-23(27-24-14-15-5-8-21-22(11-15)30-10-9-29-21)20-13-19(25-26-20)18-7-6-16-3-1-2-4-17(16)12-18/h1-8,11-14H,9-10H2,(H,25,26)(H,27,28)/b24-14+. The van der Waals surface area contributed by atoms with Gasteiger partial charge in [0.15, 0.2) is 11.5 Å². The first kappa shape index (κ1) is 17.9. The van der Waals surface area contributed by atoms with Gasteiger partial charge in [0.25, 0.3) is 5.91 Å². The van der Waals surface area contributed by atoms with E-state index in [2.05, 4.69) is 26.8 Å². The van der Waals surface area contributed by atoms with Gasteiger partial charge in [0.1, 0.15) is 18.9 Å². The van der Waals surface area contributed by atoms with Crippen molar-refractivity contribution in [2.45, 2.75) is 0 Å². The van der Waals surface area contributed by atoms with Crippen molar-refractivity contribution in [2.24, 2.45) is 5.10 Å². The fourth-order valence-electron chi connectivity index (χ4n) is 3.30. The second-order valence-corrected chi connectivity index (χ2v) is 6.83. The van der Waals surface area contributed by atoms with E-state index in [1.807, 2.05) is 54.6 Å². The molecule has 0 fully saturated rings. The van der Waals surface area contributed by atoms with Crippen LogP contribution in [0, 0.1) is 0 Å². The van der Waals surface area contributed by atoms with Crippen LogP contribution in [-0.2, 0) is 0 Å². The number of hydrogen-bond acceptors (Lipinski definition) is 5. The summed E-state index contributed by atoms with van der Waals surface area (Å²) in [5, 5.41) is 13.3. The molecule has 7 heteroatoms. The minimum atomic E-state index is -0.372. The summed E-state index contributed by atoms with van der Waals surface area (Å²) in [5.41, 5.74) is 5.26. The molecule has 0 saturated carbocycles. The molecule has 7 nitrogen and oxygen atoms in total. The molecular weight excluding hydrogens is 380 g/mol. The van der Waals surface area contributed by atoms with Gasteiger partial charge in [-0.05, 0) is 46.7 Å². The predicted octanol–water partition coefficient (Wildman–Crippen LogP) is 3.77. The van der Waals surface area contributed by atoms with Gasteiger partial charge in [-0.1, -0.05) is 36.4 Å². The van der Waals surface area contributed by atoms with Crippen LogP contribution in [0.15, 0.2) is 71.8 Å². The lowest BCUT2D eigenvalue weighted by molar-refractivity contribution is 0.0950. The minimum Gasteiger partial charge on any atom is -0.486 e. The number of amides is 1. The zero-order valence-electron chi connectivity index (χ0n) is 16.0. The summed E-state index contributed by atoms with van der Waals surface area (Å²) >= 11 is 0. The summed E-state index contributed by atoms with van der Waals surface area (Å²) in [5.74, 6) is 1.01. The Morgan fingerprint density at radius 2 is 1.80 bits per heavy atom. The van der Waals surface area contributed by atoms with E-state index in [-0.39, 0.29) is 5.91 Å². The molecular formula is C23H18N4O3. The number of hydrogen-bond donors (Lipinski definition) is 2. The Morgan fingerprint density at radius 3 is 2.70 bits per heavy atom. The number of carbonyl (C=O) groups excluding carboxylic acids is 1. The number of nitrogens with one attached hydrogen (secondary N) is 2. The Kier molecular flexibility index (Phi) is 4.61. The van der Waals surface area contributed by atoms with E-state index in [1.165, 1.54) is 0 Å². The predicted molar refractivity (Wildman–Crippen MR) is 114 cm³/mol. The monoisotopic (exact) mass is 398 g/mol. The first-order valence-corrected chi connectivity index (χ1v) is 9.54. The van der Waals surface area contributed by atoms with Crippen LogP contribution in [0.25, 0.3) is 22.0 Å². The lowest BCUT2D eigenvalue weighted by Crippen LogP contribution is -2.18. The zero-order chi connectivity index (χ0) is 20.3. The highest BCUT2D eigenvalue weighted by atomic mass is 16.6. The Balaban J connectivity index is 1.28. The van der Waals surface area contributed by atoms with Crippen LogP contribution in [0.3, 0.4) is 0 Å². The number of H-pyrrole nitrogens is 1. The number of ether oxygens (including phenoxy) is 2. The summed E-state index contributed by atoms with van der Waals surface area (Å²) < 4.78 is 11.0. The van der Waals surface area contributed by atoms with Gasteiger partial charge in [0.2, 0.25) is 0 Å². The van der Waals surface area contributed by atoms with Crippen molar-refractivity contribution in [3.8, 4) is 22.8 Å². The van der Waals surface area contributed by atoms with E-state index < -0.39 is 0 Å². The second-order valence-electron chi connectivity index (χ2n) is 6.83. The van der Waals surface area contributed by atoms with Gasteiger partial charge < -0.3 is 9.47 Å². The van der Waals surface area contributed by atoms with Gasteiger partial charge in [-0.3, -0.25) is 9.89 Å². The number of nitrogens with zero attached hydrogens (tertiary/aromatic N) is 2. The molecule has 1 amide bonds. The Morgan fingerprint density at radius 1 is 0.967 bits per heavy atom. The molecule has 0 aliphatic carbocycles. The molecule has 148 valence electrons. The molecule has 0 radical (unpaired) electrons. The first-order valence-electron chi connectivity index (χ1n) is 9.54. The minimum absolute atomic E-state index is 0.331. The van der Waals surface area contributed by atoms with E-state index in [9.17, 15) is 4.79 Å². The molecule has 0 bridgehead atoms. The lowest BCUT2D eigenvalue weighted by Gasteiger charge is -2.18. The van der Waals surface area contributed by atoms with Crippen LogP contribution in [0.5, 0.6) is 11.5 Å². The van der Waals surface area contributed by atoms with Crippen molar-refractivity contribution in [2.75, 3.05) is 13.2 Å². The van der Waals surface area contributed by atoms with Gasteiger partial charge in [-0.25, -0.2) is 5.43 Å².